The van der Waals surface area contributed by atoms with E-state index in [0.29, 0.717) is 47.9 Å². The van der Waals surface area contributed by atoms with Crippen molar-refractivity contribution in [2.75, 3.05) is 30.3 Å². The Morgan fingerprint density at radius 3 is 2.45 bits per heavy atom. The summed E-state index contributed by atoms with van der Waals surface area (Å²) in [5, 5.41) is 3.64. The number of aromatic nitrogens is 3. The van der Waals surface area contributed by atoms with Gasteiger partial charge in [-0.1, -0.05) is 56.3 Å². The molecule has 1 saturated heterocycles. The number of halogens is 1. The molecular weight excluding hydrogens is 520 g/mol. The number of amides is 2. The third-order valence-electron chi connectivity index (χ3n) is 6.44. The summed E-state index contributed by atoms with van der Waals surface area (Å²) in [7, 11) is 0. The number of piperazine rings is 1. The Balaban J connectivity index is 1.34. The van der Waals surface area contributed by atoms with Gasteiger partial charge in [0, 0.05) is 56.2 Å². The van der Waals surface area contributed by atoms with Crippen LogP contribution in [0.2, 0.25) is 5.15 Å². The number of hydrogen-bond acceptors (Lipinski definition) is 7. The van der Waals surface area contributed by atoms with Crippen molar-refractivity contribution < 1.29 is 9.59 Å². The molecule has 2 amide bonds. The lowest BCUT2D eigenvalue weighted by atomic mass is 9.86. The normalized spacial score (nSPS) is 15.9. The number of pyridine rings is 1. The number of nitrogens with zero attached hydrogens (tertiary/aromatic N) is 5. The Morgan fingerprint density at radius 2 is 1.79 bits per heavy atom. The number of benzene rings is 1. The Bertz CT molecular complexity index is 1270. The van der Waals surface area contributed by atoms with E-state index in [1.165, 1.54) is 17.3 Å². The van der Waals surface area contributed by atoms with Crippen molar-refractivity contribution >= 4 is 41.0 Å². The summed E-state index contributed by atoms with van der Waals surface area (Å²) in [6.07, 6.45) is 3.39. The molecule has 1 aliphatic rings. The summed E-state index contributed by atoms with van der Waals surface area (Å²) in [6.45, 7) is 10.8. The van der Waals surface area contributed by atoms with E-state index in [4.69, 9.17) is 11.6 Å². The predicted molar refractivity (Wildman–Crippen MR) is 152 cm³/mol. The van der Waals surface area contributed by atoms with Crippen molar-refractivity contribution in [3.63, 3.8) is 0 Å². The zero-order valence-electron chi connectivity index (χ0n) is 22.1. The van der Waals surface area contributed by atoms with Crippen LogP contribution in [-0.2, 0) is 16.8 Å². The lowest BCUT2D eigenvalue weighted by Gasteiger charge is -2.40. The number of carbonyl (C=O) groups is 2. The minimum absolute atomic E-state index is 0.0117. The van der Waals surface area contributed by atoms with E-state index in [2.05, 4.69) is 45.9 Å². The highest BCUT2D eigenvalue weighted by molar-refractivity contribution is 7.99. The number of hydrogen-bond donors (Lipinski definition) is 1. The standard InChI is InChI=1S/C28H33ClN6O2S/c1-19-17-34(13-14-35(19)26(37)21-5-7-22(8-6-21)28(2,3)4)24-15-23(29)32-27(33-24)38-18-25(36)31-16-20-9-11-30-12-10-20/h5-12,15,19H,13-14,16-18H2,1-4H3,(H,31,36). The molecule has 0 saturated carbocycles. The van der Waals surface area contributed by atoms with Gasteiger partial charge in [-0.15, -0.1) is 0 Å². The molecule has 1 fully saturated rings. The van der Waals surface area contributed by atoms with Crippen LogP contribution in [0.4, 0.5) is 5.82 Å². The number of rotatable bonds is 7. The van der Waals surface area contributed by atoms with Gasteiger partial charge in [0.05, 0.1) is 5.75 Å². The zero-order chi connectivity index (χ0) is 27.3. The van der Waals surface area contributed by atoms with Gasteiger partial charge >= 0.3 is 0 Å². The third-order valence-corrected chi connectivity index (χ3v) is 7.48. The maximum absolute atomic E-state index is 13.2. The van der Waals surface area contributed by atoms with Gasteiger partial charge in [-0.25, -0.2) is 9.97 Å². The first kappa shape index (κ1) is 27.9. The Morgan fingerprint density at radius 1 is 1.08 bits per heavy atom. The largest absolute Gasteiger partial charge is 0.353 e. The van der Waals surface area contributed by atoms with E-state index in [1.807, 2.05) is 48.2 Å². The van der Waals surface area contributed by atoms with Crippen molar-refractivity contribution in [3.8, 4) is 0 Å². The first-order valence-corrected chi connectivity index (χ1v) is 14.0. The Hall–Kier alpha value is -3.17. The smallest absolute Gasteiger partial charge is 0.254 e. The van der Waals surface area contributed by atoms with Gasteiger partial charge in [0.1, 0.15) is 11.0 Å². The van der Waals surface area contributed by atoms with Crippen LogP contribution in [0.1, 0.15) is 49.2 Å². The number of anilines is 1. The topological polar surface area (TPSA) is 91.3 Å². The summed E-state index contributed by atoms with van der Waals surface area (Å²) in [5.41, 5.74) is 2.92. The van der Waals surface area contributed by atoms with E-state index < -0.39 is 0 Å². The van der Waals surface area contributed by atoms with Crippen molar-refractivity contribution in [3.05, 3.63) is 76.7 Å². The van der Waals surface area contributed by atoms with Crippen LogP contribution in [0, 0.1) is 0 Å². The van der Waals surface area contributed by atoms with E-state index >= 15 is 0 Å². The maximum atomic E-state index is 13.2. The molecule has 0 spiro atoms. The fourth-order valence-corrected chi connectivity index (χ4v) is 5.15. The molecule has 3 heterocycles. The molecule has 38 heavy (non-hydrogen) atoms. The molecule has 10 heteroatoms. The van der Waals surface area contributed by atoms with Crippen LogP contribution in [0.3, 0.4) is 0 Å². The van der Waals surface area contributed by atoms with Gasteiger partial charge in [0.25, 0.3) is 5.91 Å². The molecule has 0 aliphatic carbocycles. The lowest BCUT2D eigenvalue weighted by Crippen LogP contribution is -2.54. The van der Waals surface area contributed by atoms with E-state index in [0.717, 1.165) is 5.56 Å². The van der Waals surface area contributed by atoms with E-state index in [9.17, 15) is 9.59 Å². The maximum Gasteiger partial charge on any atom is 0.254 e. The Labute approximate surface area is 233 Å². The van der Waals surface area contributed by atoms with Gasteiger partial charge in [0.2, 0.25) is 5.91 Å². The first-order valence-electron chi connectivity index (χ1n) is 12.6. The number of thioether (sulfide) groups is 1. The van der Waals surface area contributed by atoms with Gasteiger partial charge in [0.15, 0.2) is 5.16 Å². The summed E-state index contributed by atoms with van der Waals surface area (Å²) in [6, 6.07) is 13.3. The fraction of sp³-hybridized carbons (Fsp3) is 0.393. The minimum atomic E-state index is -0.117. The predicted octanol–water partition coefficient (Wildman–Crippen LogP) is 4.58. The van der Waals surface area contributed by atoms with Crippen LogP contribution in [0.25, 0.3) is 0 Å². The molecule has 2 aromatic heterocycles. The summed E-state index contributed by atoms with van der Waals surface area (Å²) >= 11 is 7.54. The summed E-state index contributed by atoms with van der Waals surface area (Å²) < 4.78 is 0. The average molecular weight is 553 g/mol. The number of carbonyl (C=O) groups excluding carboxylic acids is 2. The molecule has 1 N–H and O–H groups in total. The number of nitrogens with one attached hydrogen (secondary N) is 1. The monoisotopic (exact) mass is 552 g/mol. The second kappa shape index (κ2) is 12.1. The average Bonchev–Trinajstić information content (AvgIpc) is 2.90. The van der Waals surface area contributed by atoms with Crippen LogP contribution in [0.15, 0.2) is 60.0 Å². The van der Waals surface area contributed by atoms with Gasteiger partial charge in [-0.3, -0.25) is 14.6 Å². The molecule has 0 radical (unpaired) electrons. The summed E-state index contributed by atoms with van der Waals surface area (Å²) in [5.74, 6) is 0.788. The van der Waals surface area contributed by atoms with Crippen LogP contribution < -0.4 is 10.2 Å². The molecular formula is C28H33ClN6O2S. The van der Waals surface area contributed by atoms with Crippen LogP contribution >= 0.6 is 23.4 Å². The highest BCUT2D eigenvalue weighted by Gasteiger charge is 2.29. The molecule has 1 atom stereocenters. The van der Waals surface area contributed by atoms with Crippen LogP contribution in [0.5, 0.6) is 0 Å². The molecule has 4 rings (SSSR count). The quantitative estimate of drug-likeness (QED) is 0.260. The van der Waals surface area contributed by atoms with Crippen molar-refractivity contribution in [2.24, 2.45) is 0 Å². The van der Waals surface area contributed by atoms with Crippen molar-refractivity contribution in [1.29, 1.82) is 0 Å². The lowest BCUT2D eigenvalue weighted by molar-refractivity contribution is -0.118. The summed E-state index contributed by atoms with van der Waals surface area (Å²) in [4.78, 5) is 42.5. The van der Waals surface area contributed by atoms with Crippen molar-refractivity contribution in [1.82, 2.24) is 25.2 Å². The molecule has 200 valence electrons. The second-order valence-electron chi connectivity index (χ2n) is 10.4. The van der Waals surface area contributed by atoms with E-state index in [1.54, 1.807) is 18.5 Å². The zero-order valence-corrected chi connectivity index (χ0v) is 23.7. The SMILES string of the molecule is CC1CN(c2cc(Cl)nc(SCC(=O)NCc3ccncc3)n2)CCN1C(=O)c1ccc(C(C)(C)C)cc1. The highest BCUT2D eigenvalue weighted by atomic mass is 35.5. The molecule has 1 unspecified atom stereocenters. The van der Waals surface area contributed by atoms with Gasteiger partial charge < -0.3 is 15.1 Å². The van der Waals surface area contributed by atoms with E-state index in [-0.39, 0.29) is 29.0 Å². The first-order chi connectivity index (χ1) is 18.1. The highest BCUT2D eigenvalue weighted by Crippen LogP contribution is 2.26. The molecule has 1 aromatic carbocycles. The molecule has 0 bridgehead atoms. The van der Waals surface area contributed by atoms with Gasteiger partial charge in [-0.05, 0) is 47.7 Å². The second-order valence-corrected chi connectivity index (χ2v) is 11.7. The van der Waals surface area contributed by atoms with Gasteiger partial charge in [-0.2, -0.15) is 0 Å². The molecule has 3 aromatic rings. The third kappa shape index (κ3) is 7.23. The fourth-order valence-electron chi connectivity index (χ4n) is 4.24. The Kier molecular flexibility index (Phi) is 8.89. The minimum Gasteiger partial charge on any atom is -0.353 e. The van der Waals surface area contributed by atoms with Crippen molar-refractivity contribution in [2.45, 2.75) is 50.9 Å². The van der Waals surface area contributed by atoms with Crippen LogP contribution in [-0.4, -0.2) is 63.1 Å². The molecule has 1 aliphatic heterocycles. The molecule has 8 nitrogen and oxygen atoms in total.